The lowest BCUT2D eigenvalue weighted by Crippen LogP contribution is -2.11. The van der Waals surface area contributed by atoms with Gasteiger partial charge in [0.15, 0.2) is 16.8 Å². The van der Waals surface area contributed by atoms with Crippen LogP contribution in [0.4, 0.5) is 0 Å². The van der Waals surface area contributed by atoms with Crippen LogP contribution in [0.15, 0.2) is 88.1 Å². The monoisotopic (exact) mass is 420 g/mol. The van der Waals surface area contributed by atoms with Gasteiger partial charge in [0.2, 0.25) is 0 Å². The van der Waals surface area contributed by atoms with Crippen LogP contribution in [0.1, 0.15) is 21.5 Å². The Kier molecular flexibility index (Phi) is 6.00. The molecule has 0 aliphatic carbocycles. The molecular formula is C28H20O4. The van der Waals surface area contributed by atoms with Crippen LogP contribution in [0, 0.1) is 19.3 Å². The van der Waals surface area contributed by atoms with E-state index >= 15 is 0 Å². The fraction of sp³-hybridized carbons (Fsp3) is 0.0714. The van der Waals surface area contributed by atoms with Gasteiger partial charge in [-0.3, -0.25) is 9.59 Å². The molecule has 0 fully saturated rings. The van der Waals surface area contributed by atoms with Crippen molar-refractivity contribution in [2.75, 3.05) is 6.61 Å². The van der Waals surface area contributed by atoms with E-state index in [1.54, 1.807) is 25.1 Å². The summed E-state index contributed by atoms with van der Waals surface area (Å²) in [4.78, 5) is 26.4. The number of ether oxygens (including phenoxy) is 1. The highest BCUT2D eigenvalue weighted by Gasteiger charge is 2.21. The highest BCUT2D eigenvalue weighted by molar-refractivity contribution is 6.15. The van der Waals surface area contributed by atoms with E-state index in [0.717, 1.165) is 11.1 Å². The molecule has 0 spiro atoms. The first-order valence-corrected chi connectivity index (χ1v) is 10.1. The third-order valence-corrected chi connectivity index (χ3v) is 5.07. The number of fused-ring (bicyclic) bond motifs is 1. The Bertz CT molecular complexity index is 1410. The summed E-state index contributed by atoms with van der Waals surface area (Å²) in [7, 11) is 0. The van der Waals surface area contributed by atoms with Gasteiger partial charge in [0.05, 0.1) is 5.39 Å². The summed E-state index contributed by atoms with van der Waals surface area (Å²) in [5.41, 5.74) is 2.23. The fourth-order valence-corrected chi connectivity index (χ4v) is 3.49. The number of hydrogen-bond acceptors (Lipinski definition) is 4. The van der Waals surface area contributed by atoms with Gasteiger partial charge in [-0.15, -0.1) is 6.42 Å². The number of hydrogen-bond donors (Lipinski definition) is 0. The molecule has 156 valence electrons. The highest BCUT2D eigenvalue weighted by atomic mass is 16.5. The Morgan fingerprint density at radius 2 is 1.72 bits per heavy atom. The Labute approximate surface area is 185 Å². The zero-order valence-electron chi connectivity index (χ0n) is 17.5. The average molecular weight is 420 g/mol. The van der Waals surface area contributed by atoms with Gasteiger partial charge in [0, 0.05) is 11.1 Å². The Morgan fingerprint density at radius 3 is 2.41 bits per heavy atom. The van der Waals surface area contributed by atoms with Gasteiger partial charge in [0.25, 0.3) is 0 Å². The minimum Gasteiger partial charge on any atom is -0.480 e. The van der Waals surface area contributed by atoms with Crippen molar-refractivity contribution < 1.29 is 13.9 Å². The molecule has 4 heteroatoms. The molecule has 4 nitrogen and oxygen atoms in total. The molecule has 4 rings (SSSR count). The zero-order valence-corrected chi connectivity index (χ0v) is 17.5. The molecule has 0 unspecified atom stereocenters. The summed E-state index contributed by atoms with van der Waals surface area (Å²) in [6.07, 6.45) is 8.49. The van der Waals surface area contributed by atoms with E-state index in [2.05, 4.69) is 5.92 Å². The number of ketones is 1. The first-order chi connectivity index (χ1) is 15.6. The van der Waals surface area contributed by atoms with E-state index < -0.39 is 0 Å². The maximum absolute atomic E-state index is 13.3. The molecule has 0 bridgehead atoms. The number of rotatable bonds is 6. The van der Waals surface area contributed by atoms with E-state index in [1.165, 1.54) is 6.08 Å². The number of allylic oxidation sites excluding steroid dienone is 1. The van der Waals surface area contributed by atoms with E-state index in [0.29, 0.717) is 16.7 Å². The van der Waals surface area contributed by atoms with Gasteiger partial charge in [-0.05, 0) is 30.7 Å². The molecular weight excluding hydrogens is 400 g/mol. The van der Waals surface area contributed by atoms with Crippen LogP contribution >= 0.6 is 0 Å². The summed E-state index contributed by atoms with van der Waals surface area (Å²) < 4.78 is 11.8. The van der Waals surface area contributed by atoms with Crippen molar-refractivity contribution in [3.8, 4) is 29.4 Å². The van der Waals surface area contributed by atoms with Crippen molar-refractivity contribution in [1.82, 2.24) is 0 Å². The minimum atomic E-state index is -0.350. The summed E-state index contributed by atoms with van der Waals surface area (Å²) in [6.45, 7) is 1.70. The number of terminal acetylenes is 1. The second-order valence-electron chi connectivity index (χ2n) is 7.17. The van der Waals surface area contributed by atoms with Crippen molar-refractivity contribution in [2.45, 2.75) is 6.92 Å². The number of benzene rings is 3. The largest absolute Gasteiger partial charge is 0.480 e. The van der Waals surface area contributed by atoms with Crippen molar-refractivity contribution in [3.05, 3.63) is 106 Å². The van der Waals surface area contributed by atoms with Gasteiger partial charge in [-0.25, -0.2) is 0 Å². The van der Waals surface area contributed by atoms with E-state index in [4.69, 9.17) is 15.6 Å². The lowest BCUT2D eigenvalue weighted by atomic mass is 10.0. The smallest absolute Gasteiger partial charge is 0.196 e. The molecule has 0 aliphatic heterocycles. The first kappa shape index (κ1) is 20.9. The van der Waals surface area contributed by atoms with Gasteiger partial charge in [-0.2, -0.15) is 0 Å². The van der Waals surface area contributed by atoms with Crippen molar-refractivity contribution in [2.24, 2.45) is 0 Å². The molecule has 32 heavy (non-hydrogen) atoms. The van der Waals surface area contributed by atoms with Crippen LogP contribution in [0.5, 0.6) is 5.75 Å². The van der Waals surface area contributed by atoms with Crippen LogP contribution in [-0.4, -0.2) is 12.4 Å². The molecule has 0 N–H and O–H groups in total. The standard InChI is InChI=1S/C28H20O4/c1-3-18-31-24-17-15-22-26(30)19(2)27(21-12-8-5-9-13-21)32-28(22)25(24)23(29)16-14-20-10-6-4-7-11-20/h1,4-17H,18H2,2H3/b16-14+. The predicted molar refractivity (Wildman–Crippen MR) is 127 cm³/mol. The quantitative estimate of drug-likeness (QED) is 0.229. The van der Waals surface area contributed by atoms with Crippen molar-refractivity contribution in [1.29, 1.82) is 0 Å². The Balaban J connectivity index is 1.94. The van der Waals surface area contributed by atoms with E-state index in [1.807, 2.05) is 60.7 Å². The van der Waals surface area contributed by atoms with Crippen molar-refractivity contribution >= 4 is 22.8 Å². The van der Waals surface area contributed by atoms with Crippen LogP contribution in [-0.2, 0) is 0 Å². The van der Waals surface area contributed by atoms with Gasteiger partial charge >= 0.3 is 0 Å². The highest BCUT2D eigenvalue weighted by Crippen LogP contribution is 2.32. The molecule has 0 radical (unpaired) electrons. The lowest BCUT2D eigenvalue weighted by molar-refractivity contribution is 0.104. The fourth-order valence-electron chi connectivity index (χ4n) is 3.49. The Hall–Kier alpha value is -4.36. The maximum atomic E-state index is 13.3. The SMILES string of the molecule is C#CCOc1ccc2c(=O)c(C)c(-c3ccccc3)oc2c1C(=O)/C=C/c1ccccc1. The average Bonchev–Trinajstić information content (AvgIpc) is 2.84. The summed E-state index contributed by atoms with van der Waals surface area (Å²) in [6, 6.07) is 22.0. The normalized spacial score (nSPS) is 10.9. The second-order valence-corrected chi connectivity index (χ2v) is 7.17. The first-order valence-electron chi connectivity index (χ1n) is 10.1. The van der Waals surface area contributed by atoms with Gasteiger partial charge in [0.1, 0.15) is 23.7 Å². The van der Waals surface area contributed by atoms with Gasteiger partial charge < -0.3 is 9.15 Å². The molecule has 1 aromatic heterocycles. The van der Waals surface area contributed by atoms with E-state index in [9.17, 15) is 9.59 Å². The summed E-state index contributed by atoms with van der Waals surface area (Å²) >= 11 is 0. The Morgan fingerprint density at radius 1 is 1.03 bits per heavy atom. The van der Waals surface area contributed by atoms with E-state index in [-0.39, 0.29) is 34.7 Å². The number of carbonyl (C=O) groups is 1. The minimum absolute atomic E-state index is 0.0180. The van der Waals surface area contributed by atoms with Crippen molar-refractivity contribution in [3.63, 3.8) is 0 Å². The summed E-state index contributed by atoms with van der Waals surface area (Å²) in [5, 5.41) is 0.312. The third kappa shape index (κ3) is 4.10. The second kappa shape index (κ2) is 9.20. The third-order valence-electron chi connectivity index (χ3n) is 5.07. The molecule has 1 heterocycles. The van der Waals surface area contributed by atoms with Crippen LogP contribution in [0.25, 0.3) is 28.4 Å². The van der Waals surface area contributed by atoms with Gasteiger partial charge in [-0.1, -0.05) is 72.7 Å². The molecule has 3 aromatic carbocycles. The molecule has 0 saturated heterocycles. The number of carbonyl (C=O) groups excluding carboxylic acids is 1. The topological polar surface area (TPSA) is 56.5 Å². The lowest BCUT2D eigenvalue weighted by Gasteiger charge is -2.13. The maximum Gasteiger partial charge on any atom is 0.196 e. The molecule has 0 aliphatic rings. The molecule has 0 atom stereocenters. The van der Waals surface area contributed by atoms with Crippen LogP contribution in [0.3, 0.4) is 0 Å². The van der Waals surface area contributed by atoms with Crippen LogP contribution < -0.4 is 10.2 Å². The predicted octanol–water partition coefficient (Wildman–Crippen LogP) is 5.68. The molecule has 0 amide bonds. The zero-order chi connectivity index (χ0) is 22.5. The summed E-state index contributed by atoms with van der Waals surface area (Å²) in [5.74, 6) is 2.74. The van der Waals surface area contributed by atoms with Crippen LogP contribution in [0.2, 0.25) is 0 Å². The molecule has 4 aromatic rings. The molecule has 0 saturated carbocycles.